The molecule has 0 aromatic heterocycles. The van der Waals surface area contributed by atoms with E-state index in [1.54, 1.807) is 0 Å². The molecule has 0 bridgehead atoms. The summed E-state index contributed by atoms with van der Waals surface area (Å²) in [6.45, 7) is 2.00. The average Bonchev–Trinajstić information content (AvgIpc) is 2.41. The van der Waals surface area contributed by atoms with Crippen molar-refractivity contribution in [1.29, 1.82) is 5.41 Å². The second-order valence-electron chi connectivity index (χ2n) is 4.27. The van der Waals surface area contributed by atoms with Gasteiger partial charge in [0.25, 0.3) is 0 Å². The van der Waals surface area contributed by atoms with Crippen LogP contribution in [0.3, 0.4) is 0 Å². The fraction of sp³-hybridized carbons (Fsp3) is 0.133. The molecule has 0 saturated carbocycles. The van der Waals surface area contributed by atoms with Crippen molar-refractivity contribution in [3.63, 3.8) is 0 Å². The molecule has 0 fully saturated rings. The van der Waals surface area contributed by atoms with Gasteiger partial charge in [-0.15, -0.1) is 0 Å². The summed E-state index contributed by atoms with van der Waals surface area (Å²) in [6.07, 6.45) is 1.35. The van der Waals surface area contributed by atoms with Gasteiger partial charge in [0.2, 0.25) is 0 Å². The maximum Gasteiger partial charge on any atom is 0.0432 e. The van der Waals surface area contributed by atoms with Crippen LogP contribution >= 0.6 is 0 Å². The molecule has 0 aliphatic heterocycles. The third kappa shape index (κ3) is 2.20. The van der Waals surface area contributed by atoms with Gasteiger partial charge >= 0.3 is 0 Å². The van der Waals surface area contributed by atoms with Gasteiger partial charge in [-0.2, -0.15) is 0 Å². The minimum Gasteiger partial charge on any atom is -0.399 e. The van der Waals surface area contributed by atoms with E-state index in [0.29, 0.717) is 0 Å². The number of hydrogen-bond acceptors (Lipinski definition) is 3. The molecule has 18 heavy (non-hydrogen) atoms. The molecular formula is C15H17N3. The molecular weight excluding hydrogens is 222 g/mol. The Morgan fingerprint density at radius 2 is 1.78 bits per heavy atom. The van der Waals surface area contributed by atoms with Gasteiger partial charge in [-0.25, -0.2) is 0 Å². The van der Waals surface area contributed by atoms with Crippen LogP contribution in [0.2, 0.25) is 0 Å². The molecule has 0 atom stereocenters. The van der Waals surface area contributed by atoms with Crippen LogP contribution in [0.1, 0.15) is 11.1 Å². The predicted octanol–water partition coefficient (Wildman–Crippen LogP) is 3.28. The van der Waals surface area contributed by atoms with Gasteiger partial charge < -0.3 is 16.5 Å². The molecule has 0 saturated heterocycles. The molecule has 2 aromatic carbocycles. The van der Waals surface area contributed by atoms with Gasteiger partial charge in [0.1, 0.15) is 0 Å². The van der Waals surface area contributed by atoms with Crippen LogP contribution < -0.4 is 11.1 Å². The summed E-state index contributed by atoms with van der Waals surface area (Å²) in [4.78, 5) is 0. The fourth-order valence-corrected chi connectivity index (χ4v) is 1.93. The molecule has 2 aromatic rings. The van der Waals surface area contributed by atoms with Gasteiger partial charge in [0.05, 0.1) is 0 Å². The molecule has 0 amide bonds. The second-order valence-corrected chi connectivity index (χ2v) is 4.27. The van der Waals surface area contributed by atoms with Gasteiger partial charge in [0, 0.05) is 30.2 Å². The van der Waals surface area contributed by atoms with Gasteiger partial charge in [-0.1, -0.05) is 18.2 Å². The van der Waals surface area contributed by atoms with Gasteiger partial charge in [-0.05, 0) is 41.8 Å². The van der Waals surface area contributed by atoms with Crippen LogP contribution in [0, 0.1) is 12.3 Å². The highest BCUT2D eigenvalue weighted by molar-refractivity contribution is 5.88. The van der Waals surface area contributed by atoms with Crippen molar-refractivity contribution in [1.82, 2.24) is 0 Å². The molecule has 0 unspecified atom stereocenters. The summed E-state index contributed by atoms with van der Waals surface area (Å²) in [7, 11) is 1.86. The predicted molar refractivity (Wildman–Crippen MR) is 78.5 cm³/mol. The zero-order valence-corrected chi connectivity index (χ0v) is 10.6. The lowest BCUT2D eigenvalue weighted by atomic mass is 10.0. The number of anilines is 2. The van der Waals surface area contributed by atoms with Crippen LogP contribution in [-0.2, 0) is 0 Å². The van der Waals surface area contributed by atoms with Crippen LogP contribution in [0.5, 0.6) is 0 Å². The molecule has 92 valence electrons. The Morgan fingerprint density at radius 1 is 1.11 bits per heavy atom. The molecule has 0 aliphatic rings. The van der Waals surface area contributed by atoms with E-state index in [9.17, 15) is 0 Å². The van der Waals surface area contributed by atoms with E-state index in [1.165, 1.54) is 6.21 Å². The molecule has 4 N–H and O–H groups in total. The molecule has 0 radical (unpaired) electrons. The van der Waals surface area contributed by atoms with Crippen molar-refractivity contribution >= 4 is 17.6 Å². The zero-order chi connectivity index (χ0) is 13.1. The fourth-order valence-electron chi connectivity index (χ4n) is 1.93. The minimum absolute atomic E-state index is 0.809. The highest BCUT2D eigenvalue weighted by Gasteiger charge is 2.04. The lowest BCUT2D eigenvalue weighted by molar-refractivity contribution is 1.45. The summed E-state index contributed by atoms with van der Waals surface area (Å²) in [5.41, 5.74) is 11.8. The number of benzene rings is 2. The SMILES string of the molecule is CNc1cc(-c2ccc(N)c(C)c2)ccc1C=N. The maximum absolute atomic E-state index is 7.34. The lowest BCUT2D eigenvalue weighted by Crippen LogP contribution is -1.95. The average molecular weight is 239 g/mol. The number of nitrogens with one attached hydrogen (secondary N) is 2. The van der Waals surface area contributed by atoms with E-state index in [2.05, 4.69) is 11.4 Å². The minimum atomic E-state index is 0.809. The molecule has 0 aliphatic carbocycles. The lowest BCUT2D eigenvalue weighted by Gasteiger charge is -2.10. The highest BCUT2D eigenvalue weighted by Crippen LogP contribution is 2.27. The Kier molecular flexibility index (Phi) is 3.33. The second kappa shape index (κ2) is 4.92. The van der Waals surface area contributed by atoms with E-state index < -0.39 is 0 Å². The summed E-state index contributed by atoms with van der Waals surface area (Å²) in [5, 5.41) is 10.5. The monoisotopic (exact) mass is 239 g/mol. The summed E-state index contributed by atoms with van der Waals surface area (Å²) >= 11 is 0. The Morgan fingerprint density at radius 3 is 2.39 bits per heavy atom. The largest absolute Gasteiger partial charge is 0.399 e. The Hall–Kier alpha value is -2.29. The number of hydrogen-bond donors (Lipinski definition) is 3. The highest BCUT2D eigenvalue weighted by atomic mass is 14.8. The number of aryl methyl sites for hydroxylation is 1. The third-order valence-corrected chi connectivity index (χ3v) is 3.08. The van der Waals surface area contributed by atoms with Crippen molar-refractivity contribution in [2.24, 2.45) is 0 Å². The van der Waals surface area contributed by atoms with Crippen molar-refractivity contribution in [3.05, 3.63) is 47.5 Å². The molecule has 3 heteroatoms. The van der Waals surface area contributed by atoms with E-state index >= 15 is 0 Å². The molecule has 0 spiro atoms. The van der Waals surface area contributed by atoms with Crippen LogP contribution in [-0.4, -0.2) is 13.3 Å². The first-order valence-electron chi connectivity index (χ1n) is 5.84. The van der Waals surface area contributed by atoms with Crippen molar-refractivity contribution in [3.8, 4) is 11.1 Å². The smallest absolute Gasteiger partial charge is 0.0432 e. The van der Waals surface area contributed by atoms with E-state index in [0.717, 1.165) is 33.6 Å². The van der Waals surface area contributed by atoms with Crippen molar-refractivity contribution in [2.75, 3.05) is 18.1 Å². The zero-order valence-electron chi connectivity index (χ0n) is 10.6. The number of nitrogens with two attached hydrogens (primary N) is 1. The quantitative estimate of drug-likeness (QED) is 0.568. The van der Waals surface area contributed by atoms with Crippen molar-refractivity contribution in [2.45, 2.75) is 6.92 Å². The molecule has 0 heterocycles. The van der Waals surface area contributed by atoms with E-state index in [-0.39, 0.29) is 0 Å². The molecule has 2 rings (SSSR count). The summed E-state index contributed by atoms with van der Waals surface area (Å²) < 4.78 is 0. The summed E-state index contributed by atoms with van der Waals surface area (Å²) in [5.74, 6) is 0. The maximum atomic E-state index is 7.34. The van der Waals surface area contributed by atoms with E-state index in [4.69, 9.17) is 11.1 Å². The Balaban J connectivity index is 2.50. The summed E-state index contributed by atoms with van der Waals surface area (Å²) in [6, 6.07) is 12.0. The van der Waals surface area contributed by atoms with Crippen LogP contribution in [0.25, 0.3) is 11.1 Å². The Labute approximate surface area is 107 Å². The molecule has 3 nitrogen and oxygen atoms in total. The van der Waals surface area contributed by atoms with Gasteiger partial charge in [0.15, 0.2) is 0 Å². The first-order valence-corrected chi connectivity index (χ1v) is 5.84. The van der Waals surface area contributed by atoms with Crippen molar-refractivity contribution < 1.29 is 0 Å². The topological polar surface area (TPSA) is 61.9 Å². The third-order valence-electron chi connectivity index (χ3n) is 3.08. The normalized spacial score (nSPS) is 10.1. The number of nitrogen functional groups attached to an aromatic ring is 1. The van der Waals surface area contributed by atoms with Gasteiger partial charge in [-0.3, -0.25) is 0 Å². The van der Waals surface area contributed by atoms with Crippen LogP contribution in [0.4, 0.5) is 11.4 Å². The number of rotatable bonds is 3. The standard InChI is InChI=1S/C15H17N3/c1-10-7-11(5-6-14(10)17)12-3-4-13(9-16)15(8-12)18-2/h3-9,16,18H,17H2,1-2H3. The van der Waals surface area contributed by atoms with Crippen LogP contribution in [0.15, 0.2) is 36.4 Å². The Bertz CT molecular complexity index is 588. The first-order chi connectivity index (χ1) is 8.65. The first kappa shape index (κ1) is 12.2. The van der Waals surface area contributed by atoms with E-state index in [1.807, 2.05) is 44.3 Å².